The van der Waals surface area contributed by atoms with Gasteiger partial charge in [0.2, 0.25) is 0 Å². The molecule has 1 aromatic heterocycles. The number of carbonyl (C=O) groups excluding carboxylic acids is 1. The Morgan fingerprint density at radius 3 is 2.70 bits per heavy atom. The van der Waals surface area contributed by atoms with E-state index >= 15 is 0 Å². The van der Waals surface area contributed by atoms with Gasteiger partial charge in [-0.25, -0.2) is 0 Å². The molecule has 0 spiro atoms. The van der Waals surface area contributed by atoms with Gasteiger partial charge in [-0.05, 0) is 43.5 Å². The maximum absolute atomic E-state index is 12.5. The topological polar surface area (TPSA) is 36.1 Å². The van der Waals surface area contributed by atoms with Crippen molar-refractivity contribution >= 4 is 16.8 Å². The van der Waals surface area contributed by atoms with Crippen molar-refractivity contribution in [2.24, 2.45) is 5.92 Å². The van der Waals surface area contributed by atoms with E-state index in [2.05, 4.69) is 32.7 Å². The molecule has 0 fully saturated rings. The molecule has 0 aliphatic rings. The highest BCUT2D eigenvalue weighted by molar-refractivity contribution is 5.98. The number of hydrogen-bond donors (Lipinski definition) is 1. The highest BCUT2D eigenvalue weighted by Crippen LogP contribution is 2.23. The van der Waals surface area contributed by atoms with E-state index in [9.17, 15) is 4.79 Å². The number of carbonyl (C=O) groups is 1. The highest BCUT2D eigenvalue weighted by Gasteiger charge is 2.15. The van der Waals surface area contributed by atoms with Crippen LogP contribution in [0.1, 0.15) is 41.9 Å². The van der Waals surface area contributed by atoms with Crippen LogP contribution in [0.3, 0.4) is 0 Å². The number of rotatable bonds is 4. The zero-order chi connectivity index (χ0) is 14.9. The molecule has 2 rings (SSSR count). The van der Waals surface area contributed by atoms with Gasteiger partial charge in [-0.15, -0.1) is 0 Å². The minimum absolute atomic E-state index is 0.102. The molecule has 0 saturated heterocycles. The second kappa shape index (κ2) is 5.70. The molecule has 0 saturated carbocycles. The third-order valence-electron chi connectivity index (χ3n) is 4.18. The SMILES string of the molecule is CCC(C)CN(C)C(=O)c1ccc2[nH]c(C)c(C)c2c1. The van der Waals surface area contributed by atoms with Crippen LogP contribution in [0, 0.1) is 19.8 Å². The number of aromatic nitrogens is 1. The molecule has 3 heteroatoms. The lowest BCUT2D eigenvalue weighted by atomic mass is 10.1. The predicted octanol–water partition coefficient (Wildman–Crippen LogP) is 3.90. The average molecular weight is 272 g/mol. The Hall–Kier alpha value is -1.77. The van der Waals surface area contributed by atoms with E-state index in [0.29, 0.717) is 5.92 Å². The molecule has 1 amide bonds. The Morgan fingerprint density at radius 1 is 1.35 bits per heavy atom. The fourth-order valence-corrected chi connectivity index (χ4v) is 2.49. The van der Waals surface area contributed by atoms with Gasteiger partial charge in [0.05, 0.1) is 0 Å². The van der Waals surface area contributed by atoms with Crippen LogP contribution < -0.4 is 0 Å². The normalized spacial score (nSPS) is 12.7. The zero-order valence-electron chi connectivity index (χ0n) is 13.1. The Kier molecular flexibility index (Phi) is 4.17. The van der Waals surface area contributed by atoms with Gasteiger partial charge in [-0.3, -0.25) is 4.79 Å². The summed E-state index contributed by atoms with van der Waals surface area (Å²) in [4.78, 5) is 17.6. The first kappa shape index (κ1) is 14.6. The molecule has 1 unspecified atom stereocenters. The van der Waals surface area contributed by atoms with Gasteiger partial charge in [0, 0.05) is 35.8 Å². The third kappa shape index (κ3) is 2.72. The molecule has 108 valence electrons. The minimum Gasteiger partial charge on any atom is -0.358 e. The van der Waals surface area contributed by atoms with Gasteiger partial charge in [0.15, 0.2) is 0 Å². The molecule has 1 atom stereocenters. The minimum atomic E-state index is 0.102. The van der Waals surface area contributed by atoms with Crippen molar-refractivity contribution in [3.05, 3.63) is 35.0 Å². The maximum Gasteiger partial charge on any atom is 0.253 e. The first-order valence-electron chi connectivity index (χ1n) is 7.28. The molecular formula is C17H24N2O. The number of benzene rings is 1. The predicted molar refractivity (Wildman–Crippen MR) is 84.2 cm³/mol. The van der Waals surface area contributed by atoms with E-state index in [1.165, 1.54) is 5.56 Å². The number of amides is 1. The smallest absolute Gasteiger partial charge is 0.253 e. The highest BCUT2D eigenvalue weighted by atomic mass is 16.2. The largest absolute Gasteiger partial charge is 0.358 e. The van der Waals surface area contributed by atoms with E-state index in [1.54, 1.807) is 0 Å². The number of H-pyrrole nitrogens is 1. The fraction of sp³-hybridized carbons (Fsp3) is 0.471. The van der Waals surface area contributed by atoms with Crippen LogP contribution in [0.5, 0.6) is 0 Å². The maximum atomic E-state index is 12.5. The number of aromatic amines is 1. The van der Waals surface area contributed by atoms with Crippen molar-refractivity contribution in [1.29, 1.82) is 0 Å². The van der Waals surface area contributed by atoms with Gasteiger partial charge >= 0.3 is 0 Å². The summed E-state index contributed by atoms with van der Waals surface area (Å²) in [5.74, 6) is 0.634. The van der Waals surface area contributed by atoms with Crippen LogP contribution in [0.4, 0.5) is 0 Å². The quantitative estimate of drug-likeness (QED) is 0.900. The molecule has 0 radical (unpaired) electrons. The Labute approximate surface area is 121 Å². The van der Waals surface area contributed by atoms with Gasteiger partial charge in [0.25, 0.3) is 5.91 Å². The monoisotopic (exact) mass is 272 g/mol. The summed E-state index contributed by atoms with van der Waals surface area (Å²) in [5, 5.41) is 1.14. The Balaban J connectivity index is 2.28. The van der Waals surface area contributed by atoms with Crippen molar-refractivity contribution in [1.82, 2.24) is 9.88 Å². The zero-order valence-corrected chi connectivity index (χ0v) is 13.1. The van der Waals surface area contributed by atoms with E-state index in [4.69, 9.17) is 0 Å². The molecule has 0 aliphatic heterocycles. The number of fused-ring (bicyclic) bond motifs is 1. The fourth-order valence-electron chi connectivity index (χ4n) is 2.49. The first-order valence-corrected chi connectivity index (χ1v) is 7.28. The van der Waals surface area contributed by atoms with Crippen molar-refractivity contribution < 1.29 is 4.79 Å². The lowest BCUT2D eigenvalue weighted by molar-refractivity contribution is 0.0775. The molecule has 1 aromatic carbocycles. The number of nitrogens with one attached hydrogen (secondary N) is 1. The van der Waals surface area contributed by atoms with Crippen molar-refractivity contribution in [2.75, 3.05) is 13.6 Å². The molecule has 0 aliphatic carbocycles. The second-order valence-corrected chi connectivity index (χ2v) is 5.83. The summed E-state index contributed by atoms with van der Waals surface area (Å²) in [6.07, 6.45) is 1.09. The Bertz CT molecular complexity index is 627. The van der Waals surface area contributed by atoms with E-state index in [1.807, 2.05) is 30.1 Å². The number of aryl methyl sites for hydroxylation is 2. The summed E-state index contributed by atoms with van der Waals surface area (Å²) in [7, 11) is 1.88. The van der Waals surface area contributed by atoms with Gasteiger partial charge < -0.3 is 9.88 Å². The molecular weight excluding hydrogens is 248 g/mol. The van der Waals surface area contributed by atoms with Gasteiger partial charge in [-0.1, -0.05) is 20.3 Å². The molecule has 20 heavy (non-hydrogen) atoms. The summed E-state index contributed by atoms with van der Waals surface area (Å²) in [6, 6.07) is 5.91. The summed E-state index contributed by atoms with van der Waals surface area (Å²) < 4.78 is 0. The average Bonchev–Trinajstić information content (AvgIpc) is 2.72. The summed E-state index contributed by atoms with van der Waals surface area (Å²) >= 11 is 0. The van der Waals surface area contributed by atoms with Gasteiger partial charge in [-0.2, -0.15) is 0 Å². The molecule has 1 heterocycles. The standard InChI is InChI=1S/C17H24N2O/c1-6-11(2)10-19(5)17(20)14-7-8-16-15(9-14)12(3)13(4)18-16/h7-9,11,18H,6,10H2,1-5H3. The van der Waals surface area contributed by atoms with Crippen LogP contribution in [0.2, 0.25) is 0 Å². The third-order valence-corrected chi connectivity index (χ3v) is 4.18. The van der Waals surface area contributed by atoms with E-state index in [0.717, 1.165) is 35.1 Å². The molecule has 0 bridgehead atoms. The van der Waals surface area contributed by atoms with E-state index < -0.39 is 0 Å². The van der Waals surface area contributed by atoms with E-state index in [-0.39, 0.29) is 5.91 Å². The lowest BCUT2D eigenvalue weighted by Crippen LogP contribution is -2.30. The second-order valence-electron chi connectivity index (χ2n) is 5.83. The van der Waals surface area contributed by atoms with Crippen molar-refractivity contribution in [3.8, 4) is 0 Å². The van der Waals surface area contributed by atoms with Crippen LogP contribution in [-0.2, 0) is 0 Å². The lowest BCUT2D eigenvalue weighted by Gasteiger charge is -2.21. The molecule has 2 aromatic rings. The van der Waals surface area contributed by atoms with Gasteiger partial charge in [0.1, 0.15) is 0 Å². The summed E-state index contributed by atoms with van der Waals surface area (Å²) in [6.45, 7) is 9.28. The number of hydrogen-bond acceptors (Lipinski definition) is 1. The van der Waals surface area contributed by atoms with Crippen molar-refractivity contribution in [3.63, 3.8) is 0 Å². The van der Waals surface area contributed by atoms with Crippen molar-refractivity contribution in [2.45, 2.75) is 34.1 Å². The number of nitrogens with zero attached hydrogens (tertiary/aromatic N) is 1. The Morgan fingerprint density at radius 2 is 2.05 bits per heavy atom. The van der Waals surface area contributed by atoms with Crippen LogP contribution >= 0.6 is 0 Å². The summed E-state index contributed by atoms with van der Waals surface area (Å²) in [5.41, 5.74) is 4.25. The first-order chi connectivity index (χ1) is 9.43. The molecule has 1 N–H and O–H groups in total. The van der Waals surface area contributed by atoms with Crippen LogP contribution in [0.15, 0.2) is 18.2 Å². The van der Waals surface area contributed by atoms with Crippen LogP contribution in [0.25, 0.3) is 10.9 Å². The molecule has 3 nitrogen and oxygen atoms in total. The van der Waals surface area contributed by atoms with Crippen LogP contribution in [-0.4, -0.2) is 29.4 Å².